The monoisotopic (exact) mass is 236 g/mol. The summed E-state index contributed by atoms with van der Waals surface area (Å²) in [7, 11) is 3.32. The molecule has 0 saturated heterocycles. The SMILES string of the molecule is CN(C)C(=O)Cn1nc2c(cc1=O)CNCC2. The van der Waals surface area contributed by atoms with Gasteiger partial charge in [0, 0.05) is 39.7 Å². The third-order valence-corrected chi connectivity index (χ3v) is 2.80. The summed E-state index contributed by atoms with van der Waals surface area (Å²) in [5.41, 5.74) is 1.63. The van der Waals surface area contributed by atoms with Crippen LogP contribution in [0.3, 0.4) is 0 Å². The molecule has 1 N–H and O–H groups in total. The highest BCUT2D eigenvalue weighted by Crippen LogP contribution is 2.07. The van der Waals surface area contributed by atoms with Crippen molar-refractivity contribution in [3.63, 3.8) is 0 Å². The molecule has 1 aliphatic heterocycles. The molecule has 1 aliphatic rings. The second-order valence-corrected chi connectivity index (χ2v) is 4.33. The average molecular weight is 236 g/mol. The number of rotatable bonds is 2. The average Bonchev–Trinajstić information content (AvgIpc) is 2.29. The highest BCUT2D eigenvalue weighted by Gasteiger charge is 2.14. The van der Waals surface area contributed by atoms with Crippen LogP contribution in [0.15, 0.2) is 10.9 Å². The maximum atomic E-state index is 11.8. The first-order valence-corrected chi connectivity index (χ1v) is 5.58. The van der Waals surface area contributed by atoms with Crippen molar-refractivity contribution >= 4 is 5.91 Å². The van der Waals surface area contributed by atoms with Crippen molar-refractivity contribution < 1.29 is 4.79 Å². The topological polar surface area (TPSA) is 67.2 Å². The van der Waals surface area contributed by atoms with Crippen LogP contribution in [0, 0.1) is 0 Å². The fourth-order valence-corrected chi connectivity index (χ4v) is 1.74. The van der Waals surface area contributed by atoms with Crippen LogP contribution in [0.4, 0.5) is 0 Å². The van der Waals surface area contributed by atoms with Crippen LogP contribution in [0.25, 0.3) is 0 Å². The number of aromatic nitrogens is 2. The van der Waals surface area contributed by atoms with Crippen LogP contribution in [-0.2, 0) is 24.3 Å². The van der Waals surface area contributed by atoms with Gasteiger partial charge < -0.3 is 10.2 Å². The largest absolute Gasteiger partial charge is 0.347 e. The van der Waals surface area contributed by atoms with E-state index in [1.54, 1.807) is 20.2 Å². The van der Waals surface area contributed by atoms with Gasteiger partial charge >= 0.3 is 0 Å². The lowest BCUT2D eigenvalue weighted by Gasteiger charge is -2.17. The molecule has 0 atom stereocenters. The van der Waals surface area contributed by atoms with E-state index < -0.39 is 0 Å². The standard InChI is InChI=1S/C11H16N4O2/c1-14(2)11(17)7-15-10(16)5-8-6-12-4-3-9(8)13-15/h5,12H,3-4,6-7H2,1-2H3. The minimum atomic E-state index is -0.220. The summed E-state index contributed by atoms with van der Waals surface area (Å²) in [6, 6.07) is 1.57. The molecule has 2 rings (SSSR count). The molecular weight excluding hydrogens is 220 g/mol. The molecule has 0 aliphatic carbocycles. The maximum Gasteiger partial charge on any atom is 0.267 e. The Balaban J connectivity index is 2.29. The number of fused-ring (bicyclic) bond motifs is 1. The first kappa shape index (κ1) is 11.8. The van der Waals surface area contributed by atoms with Crippen molar-refractivity contribution in [1.29, 1.82) is 0 Å². The summed E-state index contributed by atoms with van der Waals surface area (Å²) in [6.07, 6.45) is 0.797. The van der Waals surface area contributed by atoms with Crippen molar-refractivity contribution in [2.75, 3.05) is 20.6 Å². The zero-order chi connectivity index (χ0) is 12.4. The van der Waals surface area contributed by atoms with E-state index in [2.05, 4.69) is 10.4 Å². The summed E-state index contributed by atoms with van der Waals surface area (Å²) >= 11 is 0. The molecular formula is C11H16N4O2. The number of hydrogen-bond donors (Lipinski definition) is 1. The van der Waals surface area contributed by atoms with Crippen LogP contribution in [0.1, 0.15) is 11.3 Å². The van der Waals surface area contributed by atoms with E-state index in [1.807, 2.05) is 0 Å². The number of amides is 1. The summed E-state index contributed by atoms with van der Waals surface area (Å²) in [5, 5.41) is 7.44. The quantitative estimate of drug-likeness (QED) is 0.713. The van der Waals surface area contributed by atoms with Gasteiger partial charge in [-0.1, -0.05) is 0 Å². The molecule has 1 aromatic heterocycles. The van der Waals surface area contributed by atoms with Gasteiger partial charge in [0.2, 0.25) is 5.91 Å². The molecule has 1 amide bonds. The number of hydrogen-bond acceptors (Lipinski definition) is 4. The Hall–Kier alpha value is -1.69. The zero-order valence-corrected chi connectivity index (χ0v) is 10.1. The van der Waals surface area contributed by atoms with Crippen LogP contribution in [0.2, 0.25) is 0 Å². The molecule has 17 heavy (non-hydrogen) atoms. The van der Waals surface area contributed by atoms with Crippen molar-refractivity contribution in [3.8, 4) is 0 Å². The molecule has 0 bridgehead atoms. The molecule has 92 valence electrons. The molecule has 0 radical (unpaired) electrons. The fourth-order valence-electron chi connectivity index (χ4n) is 1.74. The molecule has 0 aromatic carbocycles. The van der Waals surface area contributed by atoms with Gasteiger partial charge in [-0.15, -0.1) is 0 Å². The van der Waals surface area contributed by atoms with Crippen molar-refractivity contribution in [2.45, 2.75) is 19.5 Å². The second-order valence-electron chi connectivity index (χ2n) is 4.33. The normalized spacial score (nSPS) is 14.2. The molecule has 0 fully saturated rings. The number of likely N-dealkylation sites (N-methyl/N-ethyl adjacent to an activating group) is 1. The Morgan fingerprint density at radius 2 is 2.35 bits per heavy atom. The van der Waals surface area contributed by atoms with Gasteiger partial charge in [0.05, 0.1) is 5.69 Å². The minimum absolute atomic E-state index is 0.00649. The van der Waals surface area contributed by atoms with Crippen molar-refractivity contribution in [1.82, 2.24) is 20.0 Å². The van der Waals surface area contributed by atoms with E-state index in [9.17, 15) is 9.59 Å². The number of nitrogens with zero attached hydrogens (tertiary/aromatic N) is 3. The Bertz CT molecular complexity index is 493. The first-order valence-electron chi connectivity index (χ1n) is 5.58. The van der Waals surface area contributed by atoms with Gasteiger partial charge in [-0.25, -0.2) is 4.68 Å². The third kappa shape index (κ3) is 2.52. The minimum Gasteiger partial charge on any atom is -0.347 e. The summed E-state index contributed by atoms with van der Waals surface area (Å²) in [6.45, 7) is 1.55. The third-order valence-electron chi connectivity index (χ3n) is 2.80. The van der Waals surface area contributed by atoms with Gasteiger partial charge in [-0.2, -0.15) is 5.10 Å². The van der Waals surface area contributed by atoms with Crippen molar-refractivity contribution in [3.05, 3.63) is 27.7 Å². The highest BCUT2D eigenvalue weighted by molar-refractivity contribution is 5.75. The molecule has 0 spiro atoms. The summed E-state index contributed by atoms with van der Waals surface area (Å²) in [4.78, 5) is 24.8. The van der Waals surface area contributed by atoms with Gasteiger partial charge in [0.25, 0.3) is 5.56 Å². The summed E-state index contributed by atoms with van der Waals surface area (Å²) < 4.78 is 1.24. The summed E-state index contributed by atoms with van der Waals surface area (Å²) in [5.74, 6) is -0.131. The van der Waals surface area contributed by atoms with Crippen molar-refractivity contribution in [2.24, 2.45) is 0 Å². The van der Waals surface area contributed by atoms with E-state index in [0.29, 0.717) is 6.54 Å². The first-order chi connectivity index (χ1) is 8.08. The van der Waals surface area contributed by atoms with E-state index in [1.165, 1.54) is 9.58 Å². The van der Waals surface area contributed by atoms with Crippen LogP contribution < -0.4 is 10.9 Å². The molecule has 0 unspecified atom stereocenters. The lowest BCUT2D eigenvalue weighted by atomic mass is 10.1. The smallest absolute Gasteiger partial charge is 0.267 e. The van der Waals surface area contributed by atoms with E-state index in [-0.39, 0.29) is 18.0 Å². The Labute approximate surface area is 99.2 Å². The highest BCUT2D eigenvalue weighted by atomic mass is 16.2. The van der Waals surface area contributed by atoms with Crippen LogP contribution in [0.5, 0.6) is 0 Å². The van der Waals surface area contributed by atoms with E-state index >= 15 is 0 Å². The predicted molar refractivity (Wildman–Crippen MR) is 62.6 cm³/mol. The van der Waals surface area contributed by atoms with Gasteiger partial charge in [-0.05, 0) is 5.56 Å². The maximum absolute atomic E-state index is 11.8. The zero-order valence-electron chi connectivity index (χ0n) is 10.1. The Kier molecular flexibility index (Phi) is 3.23. The lowest BCUT2D eigenvalue weighted by molar-refractivity contribution is -0.129. The molecule has 1 aromatic rings. The molecule has 0 saturated carbocycles. The molecule has 2 heterocycles. The number of carbonyl (C=O) groups is 1. The van der Waals surface area contributed by atoms with Gasteiger partial charge in [-0.3, -0.25) is 9.59 Å². The number of nitrogens with one attached hydrogen (secondary N) is 1. The van der Waals surface area contributed by atoms with Crippen LogP contribution in [-0.4, -0.2) is 41.2 Å². The Morgan fingerprint density at radius 3 is 3.06 bits per heavy atom. The molecule has 6 nitrogen and oxygen atoms in total. The molecule has 6 heteroatoms. The van der Waals surface area contributed by atoms with E-state index in [0.717, 1.165) is 24.2 Å². The number of carbonyl (C=O) groups excluding carboxylic acids is 1. The predicted octanol–water partition coefficient (Wildman–Crippen LogP) is -1.02. The second kappa shape index (κ2) is 4.67. The van der Waals surface area contributed by atoms with Gasteiger partial charge in [0.15, 0.2) is 0 Å². The van der Waals surface area contributed by atoms with Crippen LogP contribution >= 0.6 is 0 Å². The lowest BCUT2D eigenvalue weighted by Crippen LogP contribution is -2.36. The Morgan fingerprint density at radius 1 is 1.59 bits per heavy atom. The van der Waals surface area contributed by atoms with Gasteiger partial charge in [0.1, 0.15) is 6.54 Å². The fraction of sp³-hybridized carbons (Fsp3) is 0.545. The van der Waals surface area contributed by atoms with E-state index in [4.69, 9.17) is 0 Å².